The molecule has 0 spiro atoms. The van der Waals surface area contributed by atoms with Crippen molar-refractivity contribution in [1.82, 2.24) is 4.72 Å². The van der Waals surface area contributed by atoms with E-state index in [0.29, 0.717) is 23.2 Å². The molecule has 1 aliphatic heterocycles. The highest BCUT2D eigenvalue weighted by atomic mass is 79.9. The van der Waals surface area contributed by atoms with Crippen LogP contribution in [0.1, 0.15) is 18.4 Å². The summed E-state index contributed by atoms with van der Waals surface area (Å²) in [6.45, 7) is 1.54. The van der Waals surface area contributed by atoms with E-state index in [2.05, 4.69) is 20.7 Å². The average Bonchev–Trinajstić information content (AvgIpc) is 2.47. The van der Waals surface area contributed by atoms with Crippen LogP contribution < -0.4 is 4.72 Å². The van der Waals surface area contributed by atoms with Crippen molar-refractivity contribution in [3.63, 3.8) is 0 Å². The number of nitrogens with one attached hydrogen (secondary N) is 1. The Labute approximate surface area is 127 Å². The lowest BCUT2D eigenvalue weighted by atomic mass is 10.0. The molecule has 2 N–H and O–H groups in total. The van der Waals surface area contributed by atoms with E-state index in [1.165, 1.54) is 6.07 Å². The van der Waals surface area contributed by atoms with Gasteiger partial charge in [-0.05, 0) is 52.4 Å². The van der Waals surface area contributed by atoms with E-state index < -0.39 is 10.0 Å². The molecule has 1 aromatic rings. The lowest BCUT2D eigenvalue weighted by Crippen LogP contribution is -2.33. The molecule has 2 rings (SSSR count). The van der Waals surface area contributed by atoms with Gasteiger partial charge in [0.25, 0.3) is 0 Å². The number of ether oxygens (including phenoxy) is 1. The molecule has 0 saturated carbocycles. The third kappa shape index (κ3) is 4.02. The van der Waals surface area contributed by atoms with E-state index in [1.54, 1.807) is 12.1 Å². The molecule has 0 aliphatic carbocycles. The van der Waals surface area contributed by atoms with Gasteiger partial charge in [0, 0.05) is 17.6 Å². The summed E-state index contributed by atoms with van der Waals surface area (Å²) in [6, 6.07) is 4.78. The Balaban J connectivity index is 2.09. The predicted octanol–water partition coefficient (Wildman–Crippen LogP) is 1.65. The van der Waals surface area contributed by atoms with E-state index in [4.69, 9.17) is 9.84 Å². The van der Waals surface area contributed by atoms with Gasteiger partial charge in [-0.15, -0.1) is 0 Å². The third-order valence-electron chi connectivity index (χ3n) is 3.28. The molecule has 0 amide bonds. The van der Waals surface area contributed by atoms with E-state index in [9.17, 15) is 8.42 Å². The first-order valence-corrected chi connectivity index (χ1v) is 8.77. The molecule has 1 fully saturated rings. The van der Waals surface area contributed by atoms with Crippen LogP contribution >= 0.6 is 15.9 Å². The maximum Gasteiger partial charge on any atom is 0.241 e. The van der Waals surface area contributed by atoms with Crippen LogP contribution in [0, 0.1) is 5.92 Å². The van der Waals surface area contributed by atoms with Crippen LogP contribution in [-0.4, -0.2) is 33.3 Å². The Morgan fingerprint density at radius 1 is 1.45 bits per heavy atom. The topological polar surface area (TPSA) is 75.6 Å². The number of hydrogen-bond donors (Lipinski definition) is 2. The zero-order chi connectivity index (χ0) is 14.6. The summed E-state index contributed by atoms with van der Waals surface area (Å²) in [6.07, 6.45) is 1.94. The van der Waals surface area contributed by atoms with Gasteiger partial charge < -0.3 is 9.84 Å². The van der Waals surface area contributed by atoms with Crippen molar-refractivity contribution in [2.45, 2.75) is 24.3 Å². The molecule has 7 heteroatoms. The first kappa shape index (κ1) is 15.9. The van der Waals surface area contributed by atoms with Gasteiger partial charge in [0.15, 0.2) is 0 Å². The molecule has 112 valence electrons. The summed E-state index contributed by atoms with van der Waals surface area (Å²) in [4.78, 5) is 0.153. The fourth-order valence-electron chi connectivity index (χ4n) is 2.13. The Morgan fingerprint density at radius 2 is 2.25 bits per heavy atom. The van der Waals surface area contributed by atoms with Gasteiger partial charge in [0.2, 0.25) is 10.0 Å². The molecule has 0 radical (unpaired) electrons. The monoisotopic (exact) mass is 363 g/mol. The molecule has 1 unspecified atom stereocenters. The summed E-state index contributed by atoms with van der Waals surface area (Å²) >= 11 is 3.24. The number of hydrogen-bond acceptors (Lipinski definition) is 4. The second-order valence-corrected chi connectivity index (χ2v) is 7.45. The van der Waals surface area contributed by atoms with Crippen molar-refractivity contribution >= 4 is 26.0 Å². The standard InChI is InChI=1S/C13H18BrNO4S/c14-12-4-3-10(8-16)6-13(12)20(17,18)15-7-11-2-1-5-19-9-11/h3-4,6,11,15-16H,1-2,5,7-9H2. The second-order valence-electron chi connectivity index (χ2n) is 4.86. The van der Waals surface area contributed by atoms with Gasteiger partial charge in [-0.1, -0.05) is 6.07 Å². The first-order chi connectivity index (χ1) is 9.53. The average molecular weight is 364 g/mol. The van der Waals surface area contributed by atoms with Crippen LogP contribution in [0.5, 0.6) is 0 Å². The van der Waals surface area contributed by atoms with Gasteiger partial charge >= 0.3 is 0 Å². The van der Waals surface area contributed by atoms with Gasteiger partial charge in [-0.25, -0.2) is 13.1 Å². The summed E-state index contributed by atoms with van der Waals surface area (Å²) in [7, 11) is -3.59. The fourth-order valence-corrected chi connectivity index (χ4v) is 4.25. The molecule has 1 aromatic carbocycles. The lowest BCUT2D eigenvalue weighted by Gasteiger charge is -2.22. The number of rotatable bonds is 5. The van der Waals surface area contributed by atoms with E-state index in [1.807, 2.05) is 0 Å². The second kappa shape index (κ2) is 7.00. The van der Waals surface area contributed by atoms with Crippen molar-refractivity contribution in [3.8, 4) is 0 Å². The van der Waals surface area contributed by atoms with E-state index >= 15 is 0 Å². The largest absolute Gasteiger partial charge is 0.392 e. The number of benzene rings is 1. The highest BCUT2D eigenvalue weighted by Crippen LogP contribution is 2.23. The minimum atomic E-state index is -3.59. The van der Waals surface area contributed by atoms with E-state index in [-0.39, 0.29) is 17.4 Å². The van der Waals surface area contributed by atoms with Gasteiger partial charge in [-0.3, -0.25) is 0 Å². The first-order valence-electron chi connectivity index (χ1n) is 6.49. The third-order valence-corrected chi connectivity index (χ3v) is 5.70. The highest BCUT2D eigenvalue weighted by molar-refractivity contribution is 9.10. The predicted molar refractivity (Wildman–Crippen MR) is 78.8 cm³/mol. The Morgan fingerprint density at radius 3 is 2.90 bits per heavy atom. The van der Waals surface area contributed by atoms with E-state index in [0.717, 1.165) is 19.4 Å². The minimum Gasteiger partial charge on any atom is -0.392 e. The van der Waals surface area contributed by atoms with Gasteiger partial charge in [0.05, 0.1) is 18.1 Å². The van der Waals surface area contributed by atoms with Crippen LogP contribution in [0.3, 0.4) is 0 Å². The van der Waals surface area contributed by atoms with Crippen LogP contribution in [0.25, 0.3) is 0 Å². The number of aliphatic hydroxyl groups excluding tert-OH is 1. The maximum atomic E-state index is 12.3. The molecule has 5 nitrogen and oxygen atoms in total. The zero-order valence-electron chi connectivity index (χ0n) is 11.0. The molecule has 1 heterocycles. The molecule has 1 aliphatic rings. The van der Waals surface area contributed by atoms with Crippen molar-refractivity contribution in [1.29, 1.82) is 0 Å². The van der Waals surface area contributed by atoms with Crippen LogP contribution in [0.15, 0.2) is 27.6 Å². The summed E-state index contributed by atoms with van der Waals surface area (Å²) < 4.78 is 33.0. The molecular formula is C13H18BrNO4S. The smallest absolute Gasteiger partial charge is 0.241 e. The molecular weight excluding hydrogens is 346 g/mol. The summed E-state index contributed by atoms with van der Waals surface area (Å²) in [5.41, 5.74) is 0.564. The van der Waals surface area contributed by atoms with Gasteiger partial charge in [0.1, 0.15) is 0 Å². The highest BCUT2D eigenvalue weighted by Gasteiger charge is 2.21. The van der Waals surface area contributed by atoms with Gasteiger partial charge in [-0.2, -0.15) is 0 Å². The van der Waals surface area contributed by atoms with Crippen molar-refractivity contribution in [2.24, 2.45) is 5.92 Å². The number of aliphatic hydroxyl groups is 1. The minimum absolute atomic E-state index is 0.153. The Hall–Kier alpha value is -0.470. The van der Waals surface area contributed by atoms with Crippen molar-refractivity contribution in [2.75, 3.05) is 19.8 Å². The normalized spacial score (nSPS) is 20.0. The molecule has 0 bridgehead atoms. The molecule has 1 atom stereocenters. The van der Waals surface area contributed by atoms with Crippen LogP contribution in [-0.2, 0) is 21.4 Å². The number of halogens is 1. The SMILES string of the molecule is O=S(=O)(NCC1CCCOC1)c1cc(CO)ccc1Br. The molecule has 20 heavy (non-hydrogen) atoms. The summed E-state index contributed by atoms with van der Waals surface area (Å²) in [5, 5.41) is 9.11. The fraction of sp³-hybridized carbons (Fsp3) is 0.538. The lowest BCUT2D eigenvalue weighted by molar-refractivity contribution is 0.0568. The molecule has 1 saturated heterocycles. The Bertz CT molecular complexity index is 555. The Kier molecular flexibility index (Phi) is 5.57. The zero-order valence-corrected chi connectivity index (χ0v) is 13.4. The van der Waals surface area contributed by atoms with Crippen LogP contribution in [0.4, 0.5) is 0 Å². The van der Waals surface area contributed by atoms with Crippen molar-refractivity contribution in [3.05, 3.63) is 28.2 Å². The quantitative estimate of drug-likeness (QED) is 0.833. The number of sulfonamides is 1. The van der Waals surface area contributed by atoms with Crippen LogP contribution in [0.2, 0.25) is 0 Å². The maximum absolute atomic E-state index is 12.3. The summed E-state index contributed by atoms with van der Waals surface area (Å²) in [5.74, 6) is 0.221. The molecule has 0 aromatic heterocycles. The van der Waals surface area contributed by atoms with Crippen molar-refractivity contribution < 1.29 is 18.3 Å².